The van der Waals surface area contributed by atoms with Crippen LogP contribution in [-0.2, 0) is 9.84 Å². The third-order valence-electron chi connectivity index (χ3n) is 4.07. The molecule has 0 aromatic heterocycles. The van der Waals surface area contributed by atoms with E-state index in [1.165, 1.54) is 30.2 Å². The van der Waals surface area contributed by atoms with Crippen LogP contribution in [0.1, 0.15) is 24.9 Å². The van der Waals surface area contributed by atoms with Crippen LogP contribution in [0.25, 0.3) is 0 Å². The Kier molecular flexibility index (Phi) is 5.13. The maximum Gasteiger partial charge on any atom is 0.317 e. The number of hydrogen-bond donors (Lipinski definition) is 1. The zero-order chi connectivity index (χ0) is 17.2. The van der Waals surface area contributed by atoms with Gasteiger partial charge in [-0.2, -0.15) is 0 Å². The summed E-state index contributed by atoms with van der Waals surface area (Å²) in [5, 5.41) is 2.75. The minimum Gasteiger partial charge on any atom is -0.496 e. The second kappa shape index (κ2) is 6.74. The minimum atomic E-state index is -3.06. The Bertz CT molecular complexity index is 693. The van der Waals surface area contributed by atoms with Gasteiger partial charge in [0.2, 0.25) is 0 Å². The van der Waals surface area contributed by atoms with E-state index in [9.17, 15) is 17.6 Å². The summed E-state index contributed by atoms with van der Waals surface area (Å²) in [5.74, 6) is 0.138. The van der Waals surface area contributed by atoms with Crippen molar-refractivity contribution in [1.29, 1.82) is 0 Å². The summed E-state index contributed by atoms with van der Waals surface area (Å²) >= 11 is 0. The number of urea groups is 1. The van der Waals surface area contributed by atoms with Gasteiger partial charge in [0.1, 0.15) is 11.6 Å². The van der Waals surface area contributed by atoms with E-state index < -0.39 is 27.7 Å². The van der Waals surface area contributed by atoms with Crippen molar-refractivity contribution in [3.8, 4) is 5.75 Å². The molecule has 0 aliphatic carbocycles. The molecule has 1 N–H and O–H groups in total. The Hall–Kier alpha value is -1.83. The topological polar surface area (TPSA) is 75.7 Å². The van der Waals surface area contributed by atoms with Crippen molar-refractivity contribution in [3.05, 3.63) is 29.6 Å². The quantitative estimate of drug-likeness (QED) is 0.902. The zero-order valence-electron chi connectivity index (χ0n) is 13.4. The van der Waals surface area contributed by atoms with Gasteiger partial charge in [0.05, 0.1) is 24.7 Å². The lowest BCUT2D eigenvalue weighted by Gasteiger charge is -2.26. The Morgan fingerprint density at radius 2 is 2.17 bits per heavy atom. The number of ether oxygens (including phenoxy) is 1. The van der Waals surface area contributed by atoms with Crippen LogP contribution in [0.4, 0.5) is 9.18 Å². The Labute approximate surface area is 135 Å². The number of methoxy groups -OCH3 is 1. The molecule has 1 saturated heterocycles. The monoisotopic (exact) mass is 344 g/mol. The van der Waals surface area contributed by atoms with E-state index in [0.717, 1.165) is 0 Å². The van der Waals surface area contributed by atoms with Crippen LogP contribution in [0.15, 0.2) is 18.2 Å². The molecule has 0 saturated carbocycles. The van der Waals surface area contributed by atoms with Crippen molar-refractivity contribution in [2.45, 2.75) is 25.4 Å². The second-order valence-corrected chi connectivity index (χ2v) is 7.95. The lowest BCUT2D eigenvalue weighted by molar-refractivity contribution is 0.191. The van der Waals surface area contributed by atoms with Gasteiger partial charge in [0, 0.05) is 18.7 Å². The van der Waals surface area contributed by atoms with Crippen molar-refractivity contribution in [3.63, 3.8) is 0 Å². The van der Waals surface area contributed by atoms with E-state index in [2.05, 4.69) is 5.32 Å². The number of nitrogens with one attached hydrogen (secondary N) is 1. The molecule has 0 unspecified atom stereocenters. The smallest absolute Gasteiger partial charge is 0.317 e. The molecule has 0 bridgehead atoms. The highest BCUT2D eigenvalue weighted by Gasteiger charge is 2.33. The van der Waals surface area contributed by atoms with Crippen LogP contribution in [0.2, 0.25) is 0 Å². The van der Waals surface area contributed by atoms with Crippen molar-refractivity contribution in [2.75, 3.05) is 25.7 Å². The van der Waals surface area contributed by atoms with E-state index in [0.29, 0.717) is 17.7 Å². The van der Waals surface area contributed by atoms with E-state index in [-0.39, 0.29) is 17.5 Å². The summed E-state index contributed by atoms with van der Waals surface area (Å²) in [4.78, 5) is 13.7. The third-order valence-corrected chi connectivity index (χ3v) is 5.83. The number of carbonyl (C=O) groups excluding carboxylic acids is 1. The predicted molar refractivity (Wildman–Crippen MR) is 84.7 cm³/mol. The molecule has 6 nitrogen and oxygen atoms in total. The first-order valence-electron chi connectivity index (χ1n) is 7.30. The predicted octanol–water partition coefficient (Wildman–Crippen LogP) is 1.72. The number of amides is 2. The van der Waals surface area contributed by atoms with E-state index in [1.54, 1.807) is 14.0 Å². The van der Waals surface area contributed by atoms with Gasteiger partial charge < -0.3 is 15.0 Å². The average molecular weight is 344 g/mol. The van der Waals surface area contributed by atoms with Crippen LogP contribution in [0.3, 0.4) is 0 Å². The first kappa shape index (κ1) is 17.5. The maximum atomic E-state index is 13.4. The third kappa shape index (κ3) is 4.13. The van der Waals surface area contributed by atoms with Gasteiger partial charge in [-0.05, 0) is 31.5 Å². The van der Waals surface area contributed by atoms with Crippen LogP contribution in [-0.4, -0.2) is 51.1 Å². The Morgan fingerprint density at radius 1 is 1.48 bits per heavy atom. The highest BCUT2D eigenvalue weighted by atomic mass is 32.2. The molecule has 8 heteroatoms. The highest BCUT2D eigenvalue weighted by Crippen LogP contribution is 2.26. The van der Waals surface area contributed by atoms with Gasteiger partial charge in [-0.3, -0.25) is 0 Å². The summed E-state index contributed by atoms with van der Waals surface area (Å²) < 4.78 is 41.6. The molecule has 1 fully saturated rings. The molecular weight excluding hydrogens is 323 g/mol. The molecule has 128 valence electrons. The number of hydrogen-bond acceptors (Lipinski definition) is 4. The summed E-state index contributed by atoms with van der Waals surface area (Å²) in [6, 6.07) is 2.89. The van der Waals surface area contributed by atoms with Crippen LogP contribution in [0.5, 0.6) is 5.75 Å². The van der Waals surface area contributed by atoms with Gasteiger partial charge in [-0.25, -0.2) is 17.6 Å². The van der Waals surface area contributed by atoms with Crippen molar-refractivity contribution in [2.24, 2.45) is 0 Å². The lowest BCUT2D eigenvalue weighted by atomic mass is 10.1. The average Bonchev–Trinajstić information content (AvgIpc) is 2.86. The summed E-state index contributed by atoms with van der Waals surface area (Å²) in [6.45, 7) is 1.72. The number of halogens is 1. The van der Waals surface area contributed by atoms with Gasteiger partial charge >= 0.3 is 6.03 Å². The second-order valence-electron chi connectivity index (χ2n) is 5.73. The fourth-order valence-electron chi connectivity index (χ4n) is 2.66. The van der Waals surface area contributed by atoms with Crippen LogP contribution in [0, 0.1) is 5.82 Å². The summed E-state index contributed by atoms with van der Waals surface area (Å²) in [5.41, 5.74) is 0.522. The molecule has 1 heterocycles. The lowest BCUT2D eigenvalue weighted by Crippen LogP contribution is -2.44. The number of benzene rings is 1. The molecule has 0 radical (unpaired) electrons. The van der Waals surface area contributed by atoms with Crippen molar-refractivity contribution >= 4 is 15.9 Å². The summed E-state index contributed by atoms with van der Waals surface area (Å²) in [7, 11) is -0.0233. The molecule has 1 aromatic carbocycles. The molecule has 1 aromatic rings. The van der Waals surface area contributed by atoms with Crippen molar-refractivity contribution in [1.82, 2.24) is 10.2 Å². The van der Waals surface area contributed by atoms with Gasteiger partial charge in [-0.15, -0.1) is 0 Å². The van der Waals surface area contributed by atoms with Crippen LogP contribution < -0.4 is 10.1 Å². The van der Waals surface area contributed by atoms with Crippen molar-refractivity contribution < 1.29 is 22.3 Å². The normalized spacial score (nSPS) is 20.8. The molecule has 23 heavy (non-hydrogen) atoms. The standard InChI is InChI=1S/C15H21FN2O4S/c1-10(13-8-11(16)4-5-14(13)22-3)17-15(19)18(2)12-6-7-23(20,21)9-12/h4-5,8,10,12H,6-7,9H2,1-3H3,(H,17,19)/t10-,12+/m0/s1. The number of carbonyl (C=O) groups is 1. The largest absolute Gasteiger partial charge is 0.496 e. The van der Waals surface area contributed by atoms with Gasteiger partial charge in [0.15, 0.2) is 9.84 Å². The fraction of sp³-hybridized carbons (Fsp3) is 0.533. The Morgan fingerprint density at radius 3 is 2.74 bits per heavy atom. The molecule has 2 atom stereocenters. The molecular formula is C15H21FN2O4S. The first-order chi connectivity index (χ1) is 10.7. The molecule has 2 rings (SSSR count). The van der Waals surface area contributed by atoms with E-state index >= 15 is 0 Å². The number of nitrogens with zero attached hydrogens (tertiary/aromatic N) is 1. The number of rotatable bonds is 4. The Balaban J connectivity index is 2.06. The van der Waals surface area contributed by atoms with Crippen LogP contribution >= 0.6 is 0 Å². The number of sulfone groups is 1. The highest BCUT2D eigenvalue weighted by molar-refractivity contribution is 7.91. The van der Waals surface area contributed by atoms with E-state index in [1.807, 2.05) is 0 Å². The minimum absolute atomic E-state index is 0.0193. The summed E-state index contributed by atoms with van der Waals surface area (Å²) in [6.07, 6.45) is 0.434. The molecule has 1 aliphatic rings. The SMILES string of the molecule is COc1ccc(F)cc1[C@H](C)NC(=O)N(C)[C@@H]1CCS(=O)(=O)C1. The molecule has 2 amide bonds. The van der Waals surface area contributed by atoms with E-state index in [4.69, 9.17) is 4.74 Å². The van der Waals surface area contributed by atoms with Gasteiger partial charge in [-0.1, -0.05) is 0 Å². The fourth-order valence-corrected chi connectivity index (χ4v) is 4.43. The van der Waals surface area contributed by atoms with Gasteiger partial charge in [0.25, 0.3) is 0 Å². The first-order valence-corrected chi connectivity index (χ1v) is 9.13. The molecule has 1 aliphatic heterocycles. The zero-order valence-corrected chi connectivity index (χ0v) is 14.2. The maximum absolute atomic E-state index is 13.4. The molecule has 0 spiro atoms.